The van der Waals surface area contributed by atoms with E-state index in [4.69, 9.17) is 5.50 Å². The number of nitrogens with zero attached hydrogens (tertiary/aromatic N) is 4. The summed E-state index contributed by atoms with van der Waals surface area (Å²) in [5.74, 6) is 0.972. The van der Waals surface area contributed by atoms with Gasteiger partial charge in [-0.2, -0.15) is 0 Å². The molecule has 0 radical (unpaired) electrons. The molecule has 0 fully saturated rings. The van der Waals surface area contributed by atoms with Gasteiger partial charge in [0.2, 0.25) is 0 Å². The Bertz CT molecular complexity index is 1500. The summed E-state index contributed by atoms with van der Waals surface area (Å²) in [6.45, 7) is 3.20. The number of rotatable bonds is 8. The Labute approximate surface area is 212 Å². The second kappa shape index (κ2) is 10.1. The summed E-state index contributed by atoms with van der Waals surface area (Å²) in [7, 11) is -1.65. The number of fused-ring (bicyclic) bond motifs is 1. The molecule has 7 heteroatoms. The van der Waals surface area contributed by atoms with Crippen molar-refractivity contribution in [2.24, 2.45) is 5.50 Å². The average molecular weight is 496 g/mol. The van der Waals surface area contributed by atoms with Crippen molar-refractivity contribution in [2.75, 3.05) is 11.7 Å². The van der Waals surface area contributed by atoms with Crippen LogP contribution < -0.4 is 10.2 Å². The van der Waals surface area contributed by atoms with Gasteiger partial charge in [-0.05, 0) is 61.5 Å². The summed E-state index contributed by atoms with van der Waals surface area (Å²) in [5.41, 5.74) is 12.5. The molecule has 1 heterocycles. The van der Waals surface area contributed by atoms with E-state index in [0.717, 1.165) is 39.4 Å². The summed E-state index contributed by atoms with van der Waals surface area (Å²) in [6, 6.07) is 35.9. The minimum Gasteiger partial charge on any atom is -0.324 e. The topological polar surface area (TPSA) is 67.4 Å². The number of hydrogen-bond donors (Lipinski definition) is 1. The van der Waals surface area contributed by atoms with Crippen molar-refractivity contribution in [1.29, 1.82) is 0 Å². The zero-order valence-electron chi connectivity index (χ0n) is 20.5. The van der Waals surface area contributed by atoms with Crippen molar-refractivity contribution < 1.29 is 4.57 Å². The van der Waals surface area contributed by atoms with Crippen molar-refractivity contribution in [2.45, 2.75) is 20.0 Å². The van der Waals surface area contributed by atoms with Crippen molar-refractivity contribution in [1.82, 2.24) is 14.2 Å². The van der Waals surface area contributed by atoms with Gasteiger partial charge in [0.1, 0.15) is 5.82 Å². The number of para-hydroxylation sites is 3. The first-order valence-corrected chi connectivity index (χ1v) is 13.6. The standard InChI is InChI=1S/C29H30N5OP/c1-23-31-28-15-9-10-16-29(28)33(23)22-25-17-19-27(20-18-25)34(26-13-7-4-8-14-26)36(30,35)32(2)21-24-11-5-3-6-12-24/h3-20H,21-22H2,1-2H3,(H2,30,35). The number of imidazole rings is 1. The molecule has 4 aromatic carbocycles. The molecule has 36 heavy (non-hydrogen) atoms. The quantitative estimate of drug-likeness (QED) is 0.242. The Morgan fingerprint density at radius 3 is 2.06 bits per heavy atom. The molecule has 5 rings (SSSR count). The van der Waals surface area contributed by atoms with Gasteiger partial charge in [0, 0.05) is 24.5 Å². The Morgan fingerprint density at radius 1 is 0.778 bits per heavy atom. The van der Waals surface area contributed by atoms with Crippen molar-refractivity contribution in [3.8, 4) is 0 Å². The van der Waals surface area contributed by atoms with Crippen LogP contribution in [0.2, 0.25) is 0 Å². The van der Waals surface area contributed by atoms with Crippen LogP contribution in [0, 0.1) is 6.92 Å². The van der Waals surface area contributed by atoms with Crippen molar-refractivity contribution >= 4 is 30.0 Å². The predicted octanol–water partition coefficient (Wildman–Crippen LogP) is 6.73. The smallest absolute Gasteiger partial charge is 0.310 e. The van der Waals surface area contributed by atoms with Gasteiger partial charge in [0.05, 0.1) is 11.0 Å². The highest BCUT2D eigenvalue weighted by Crippen LogP contribution is 2.52. The first-order chi connectivity index (χ1) is 17.4. The normalized spacial score (nSPS) is 13.1. The number of nitrogens with two attached hydrogens (primary N) is 1. The fraction of sp³-hybridized carbons (Fsp3) is 0.138. The largest absolute Gasteiger partial charge is 0.324 e. The van der Waals surface area contributed by atoms with Crippen LogP contribution in [-0.2, 0) is 17.7 Å². The number of benzene rings is 4. The van der Waals surface area contributed by atoms with E-state index in [1.54, 1.807) is 9.34 Å². The molecule has 1 unspecified atom stereocenters. The van der Waals surface area contributed by atoms with E-state index in [1.165, 1.54) is 0 Å². The van der Waals surface area contributed by atoms with Crippen molar-refractivity contribution in [3.63, 3.8) is 0 Å². The fourth-order valence-electron chi connectivity index (χ4n) is 4.47. The molecule has 0 aliphatic carbocycles. The van der Waals surface area contributed by atoms with Crippen LogP contribution in [-0.4, -0.2) is 21.3 Å². The summed E-state index contributed by atoms with van der Waals surface area (Å²) in [4.78, 5) is 4.68. The Balaban J connectivity index is 1.46. The van der Waals surface area contributed by atoms with Crippen LogP contribution in [0.25, 0.3) is 11.0 Å². The zero-order chi connectivity index (χ0) is 25.1. The summed E-state index contributed by atoms with van der Waals surface area (Å²) < 4.78 is 19.9. The highest BCUT2D eigenvalue weighted by molar-refractivity contribution is 7.61. The fourth-order valence-corrected chi connectivity index (χ4v) is 6.07. The first kappa shape index (κ1) is 24.0. The van der Waals surface area contributed by atoms with Crippen LogP contribution in [0.1, 0.15) is 17.0 Å². The monoisotopic (exact) mass is 495 g/mol. The average Bonchev–Trinajstić information content (AvgIpc) is 3.21. The van der Waals surface area contributed by atoms with Gasteiger partial charge in [-0.25, -0.2) is 9.65 Å². The van der Waals surface area contributed by atoms with Crippen LogP contribution in [0.15, 0.2) is 109 Å². The maximum absolute atomic E-state index is 14.2. The van der Waals surface area contributed by atoms with Gasteiger partial charge in [0.15, 0.2) is 0 Å². The van der Waals surface area contributed by atoms with Gasteiger partial charge < -0.3 is 4.57 Å². The molecule has 0 amide bonds. The third-order valence-electron chi connectivity index (χ3n) is 6.40. The lowest BCUT2D eigenvalue weighted by molar-refractivity contribution is 0.464. The molecule has 5 aromatic rings. The second-order valence-electron chi connectivity index (χ2n) is 8.94. The molecule has 182 valence electrons. The Morgan fingerprint density at radius 2 is 1.36 bits per heavy atom. The summed E-state index contributed by atoms with van der Waals surface area (Å²) in [6.07, 6.45) is 0. The minimum absolute atomic E-state index is 0.475. The van der Waals surface area contributed by atoms with Crippen molar-refractivity contribution in [3.05, 3.63) is 126 Å². The summed E-state index contributed by atoms with van der Waals surface area (Å²) >= 11 is 0. The van der Waals surface area contributed by atoms with Gasteiger partial charge in [-0.3, -0.25) is 14.7 Å². The molecule has 0 aliphatic heterocycles. The molecule has 0 saturated heterocycles. The molecule has 0 spiro atoms. The third kappa shape index (κ3) is 4.84. The molecule has 1 atom stereocenters. The first-order valence-electron chi connectivity index (χ1n) is 11.9. The van der Waals surface area contributed by atoms with Crippen LogP contribution >= 0.6 is 7.59 Å². The van der Waals surface area contributed by atoms with Crippen LogP contribution in [0.4, 0.5) is 11.4 Å². The SMILES string of the molecule is Cc1nc2ccccc2n1Cc1ccc(N(c2ccccc2)P(N)(=O)N(C)Cc2ccccc2)cc1. The third-order valence-corrected chi connectivity index (χ3v) is 8.55. The molecule has 6 nitrogen and oxygen atoms in total. The molecular formula is C29H30N5OP. The van der Waals surface area contributed by atoms with E-state index < -0.39 is 7.59 Å². The molecule has 2 N–H and O–H groups in total. The highest BCUT2D eigenvalue weighted by atomic mass is 31.2. The molecule has 1 aromatic heterocycles. The van der Waals surface area contributed by atoms with E-state index in [1.807, 2.05) is 105 Å². The van der Waals surface area contributed by atoms with Crippen LogP contribution in [0.3, 0.4) is 0 Å². The maximum Gasteiger partial charge on any atom is 0.310 e. The van der Waals surface area contributed by atoms with E-state index in [2.05, 4.69) is 27.8 Å². The van der Waals surface area contributed by atoms with Crippen LogP contribution in [0.5, 0.6) is 0 Å². The predicted molar refractivity (Wildman–Crippen MR) is 148 cm³/mol. The summed E-state index contributed by atoms with van der Waals surface area (Å²) in [5, 5.41) is 0. The van der Waals surface area contributed by atoms with E-state index in [9.17, 15) is 4.57 Å². The Hall–Kier alpha value is -3.70. The van der Waals surface area contributed by atoms with Gasteiger partial charge in [-0.15, -0.1) is 0 Å². The highest BCUT2D eigenvalue weighted by Gasteiger charge is 2.33. The number of anilines is 2. The lowest BCUT2D eigenvalue weighted by Crippen LogP contribution is -2.31. The lowest BCUT2D eigenvalue weighted by atomic mass is 10.2. The van der Waals surface area contributed by atoms with E-state index >= 15 is 0 Å². The molecule has 0 saturated carbocycles. The van der Waals surface area contributed by atoms with Gasteiger partial charge >= 0.3 is 7.59 Å². The van der Waals surface area contributed by atoms with Gasteiger partial charge in [0.25, 0.3) is 0 Å². The zero-order valence-corrected chi connectivity index (χ0v) is 21.4. The molecular weight excluding hydrogens is 465 g/mol. The van der Waals surface area contributed by atoms with Gasteiger partial charge in [-0.1, -0.05) is 72.8 Å². The number of aromatic nitrogens is 2. The minimum atomic E-state index is -3.46. The second-order valence-corrected chi connectivity index (χ2v) is 11.2. The number of hydrogen-bond acceptors (Lipinski definition) is 2. The molecule has 0 aliphatic rings. The molecule has 0 bridgehead atoms. The van der Waals surface area contributed by atoms with E-state index in [0.29, 0.717) is 13.1 Å². The van der Waals surface area contributed by atoms with E-state index in [-0.39, 0.29) is 0 Å². The number of aryl methyl sites for hydroxylation is 1. The maximum atomic E-state index is 14.2. The lowest BCUT2D eigenvalue weighted by Gasteiger charge is -2.36. The Kier molecular flexibility index (Phi) is 6.75.